The first-order valence-corrected chi connectivity index (χ1v) is 10.4. The van der Waals surface area contributed by atoms with Crippen LogP contribution in [-0.2, 0) is 22.6 Å². The van der Waals surface area contributed by atoms with Gasteiger partial charge in [-0.15, -0.1) is 0 Å². The molecule has 0 N–H and O–H groups in total. The van der Waals surface area contributed by atoms with Crippen molar-refractivity contribution in [1.29, 1.82) is 0 Å². The SMILES string of the molecule is CCS(=O)(=O)Cc1ccc(OCC(F)(F)F)c(-c2cn(C)c(=O)c3cncn23)c1. The molecule has 0 radical (unpaired) electrons. The van der Waals surface area contributed by atoms with Crippen molar-refractivity contribution >= 4 is 15.4 Å². The molecular weight excluding hydrogens is 411 g/mol. The van der Waals surface area contributed by atoms with E-state index in [0.29, 0.717) is 11.3 Å². The van der Waals surface area contributed by atoms with Crippen molar-refractivity contribution in [3.05, 3.63) is 52.8 Å². The van der Waals surface area contributed by atoms with E-state index < -0.39 is 22.6 Å². The van der Waals surface area contributed by atoms with Gasteiger partial charge in [-0.25, -0.2) is 13.4 Å². The summed E-state index contributed by atoms with van der Waals surface area (Å²) in [4.78, 5) is 16.2. The van der Waals surface area contributed by atoms with Crippen molar-refractivity contribution in [2.75, 3.05) is 12.4 Å². The molecule has 0 saturated carbocycles. The zero-order chi connectivity index (χ0) is 21.4. The first kappa shape index (κ1) is 20.9. The molecule has 2 aromatic heterocycles. The van der Waals surface area contributed by atoms with E-state index in [9.17, 15) is 26.4 Å². The molecule has 0 unspecified atom stereocenters. The number of benzene rings is 1. The third kappa shape index (κ3) is 4.61. The number of halogens is 3. The summed E-state index contributed by atoms with van der Waals surface area (Å²) in [6.07, 6.45) is -0.414. The molecule has 0 fully saturated rings. The van der Waals surface area contributed by atoms with Crippen molar-refractivity contribution in [2.45, 2.75) is 18.9 Å². The molecule has 0 amide bonds. The number of nitrogens with zero attached hydrogens (tertiary/aromatic N) is 3. The van der Waals surface area contributed by atoms with Crippen LogP contribution < -0.4 is 10.3 Å². The lowest BCUT2D eigenvalue weighted by Crippen LogP contribution is -2.21. The van der Waals surface area contributed by atoms with Gasteiger partial charge in [0.05, 0.1) is 24.0 Å². The molecule has 0 aliphatic rings. The van der Waals surface area contributed by atoms with Crippen LogP contribution in [0.1, 0.15) is 12.5 Å². The quantitative estimate of drug-likeness (QED) is 0.602. The van der Waals surface area contributed by atoms with Gasteiger partial charge in [-0.2, -0.15) is 13.2 Å². The van der Waals surface area contributed by atoms with E-state index >= 15 is 0 Å². The van der Waals surface area contributed by atoms with Gasteiger partial charge in [0.2, 0.25) is 0 Å². The maximum Gasteiger partial charge on any atom is 0.422 e. The maximum absolute atomic E-state index is 12.7. The molecule has 156 valence electrons. The lowest BCUT2D eigenvalue weighted by Gasteiger charge is -2.16. The summed E-state index contributed by atoms with van der Waals surface area (Å²) in [7, 11) is -1.86. The van der Waals surface area contributed by atoms with Crippen LogP contribution in [-0.4, -0.2) is 40.9 Å². The molecule has 0 aliphatic carbocycles. The van der Waals surface area contributed by atoms with Crippen molar-refractivity contribution in [3.63, 3.8) is 0 Å². The molecule has 2 heterocycles. The predicted molar refractivity (Wildman–Crippen MR) is 101 cm³/mol. The Hall–Kier alpha value is -2.82. The minimum absolute atomic E-state index is 0.0692. The smallest absolute Gasteiger partial charge is 0.422 e. The number of hydrogen-bond donors (Lipinski definition) is 0. The Kier molecular flexibility index (Phi) is 5.44. The largest absolute Gasteiger partial charge is 0.483 e. The molecular formula is C18H18F3N3O4S. The number of ether oxygens (including phenoxy) is 1. The standard InChI is InChI=1S/C18H18F3N3O4S/c1-3-29(26,27)9-12-4-5-16(28-10-18(19,20)21)13(6-12)15-8-23(2)17(25)14-7-22-11-24(14)15/h4-8,11H,3,9-10H2,1-2H3. The van der Waals surface area contributed by atoms with Gasteiger partial charge in [-0.1, -0.05) is 13.0 Å². The van der Waals surface area contributed by atoms with Gasteiger partial charge in [0.15, 0.2) is 16.4 Å². The summed E-state index contributed by atoms with van der Waals surface area (Å²) in [6, 6.07) is 4.17. The second kappa shape index (κ2) is 7.54. The van der Waals surface area contributed by atoms with Gasteiger partial charge in [-0.05, 0) is 17.7 Å². The number of aryl methyl sites for hydroxylation is 1. The van der Waals surface area contributed by atoms with E-state index in [1.165, 1.54) is 59.9 Å². The first-order chi connectivity index (χ1) is 13.5. The first-order valence-electron chi connectivity index (χ1n) is 8.55. The summed E-state index contributed by atoms with van der Waals surface area (Å²) >= 11 is 0. The van der Waals surface area contributed by atoms with Crippen LogP contribution in [0.25, 0.3) is 16.8 Å². The molecule has 0 atom stereocenters. The van der Waals surface area contributed by atoms with E-state index in [-0.39, 0.29) is 33.9 Å². The van der Waals surface area contributed by atoms with Gasteiger partial charge in [-0.3, -0.25) is 9.20 Å². The molecule has 0 bridgehead atoms. The third-order valence-corrected chi connectivity index (χ3v) is 5.94. The second-order valence-corrected chi connectivity index (χ2v) is 8.84. The summed E-state index contributed by atoms with van der Waals surface area (Å²) in [5.41, 5.74) is 0.833. The average Bonchev–Trinajstić information content (AvgIpc) is 3.13. The molecule has 0 aliphatic heterocycles. The number of alkyl halides is 3. The van der Waals surface area contributed by atoms with Gasteiger partial charge < -0.3 is 9.30 Å². The fourth-order valence-corrected chi connectivity index (χ4v) is 3.73. The number of rotatable bonds is 6. The third-order valence-electron chi connectivity index (χ3n) is 4.29. The molecule has 0 spiro atoms. The van der Waals surface area contributed by atoms with E-state index in [4.69, 9.17) is 4.74 Å². The van der Waals surface area contributed by atoms with Crippen molar-refractivity contribution in [2.24, 2.45) is 7.05 Å². The number of aromatic nitrogens is 3. The highest BCUT2D eigenvalue weighted by molar-refractivity contribution is 7.90. The lowest BCUT2D eigenvalue weighted by atomic mass is 10.1. The van der Waals surface area contributed by atoms with E-state index in [0.717, 1.165) is 0 Å². The van der Waals surface area contributed by atoms with E-state index in [2.05, 4.69) is 4.98 Å². The molecule has 7 nitrogen and oxygen atoms in total. The Bertz CT molecular complexity index is 1210. The number of fused-ring (bicyclic) bond motifs is 1. The predicted octanol–water partition coefficient (Wildman–Crippen LogP) is 2.58. The molecule has 0 saturated heterocycles. The van der Waals surface area contributed by atoms with Crippen LogP contribution in [0.15, 0.2) is 41.7 Å². The summed E-state index contributed by atoms with van der Waals surface area (Å²) in [5.74, 6) is -0.427. The fourth-order valence-electron chi connectivity index (χ4n) is 2.84. The Labute approximate surface area is 164 Å². The topological polar surface area (TPSA) is 82.7 Å². The Morgan fingerprint density at radius 3 is 2.62 bits per heavy atom. The molecule has 29 heavy (non-hydrogen) atoms. The molecule has 1 aromatic carbocycles. The van der Waals surface area contributed by atoms with Gasteiger partial charge in [0.1, 0.15) is 11.3 Å². The zero-order valence-corrected chi connectivity index (χ0v) is 16.4. The number of hydrogen-bond acceptors (Lipinski definition) is 5. The number of imidazole rings is 1. The molecule has 3 aromatic rings. The fraction of sp³-hybridized carbons (Fsp3) is 0.333. The second-order valence-electron chi connectivity index (χ2n) is 6.49. The van der Waals surface area contributed by atoms with Crippen LogP contribution in [0, 0.1) is 0 Å². The zero-order valence-electron chi connectivity index (χ0n) is 15.6. The highest BCUT2D eigenvalue weighted by Crippen LogP contribution is 2.33. The van der Waals surface area contributed by atoms with Crippen LogP contribution in [0.2, 0.25) is 0 Å². The summed E-state index contributed by atoms with van der Waals surface area (Å²) < 4.78 is 69.7. The van der Waals surface area contributed by atoms with Crippen LogP contribution >= 0.6 is 0 Å². The van der Waals surface area contributed by atoms with Crippen molar-refractivity contribution < 1.29 is 26.3 Å². The van der Waals surface area contributed by atoms with Gasteiger partial charge in [0, 0.05) is 24.6 Å². The van der Waals surface area contributed by atoms with Crippen molar-refractivity contribution in [3.8, 4) is 17.0 Å². The summed E-state index contributed by atoms with van der Waals surface area (Å²) in [5, 5.41) is 0. The monoisotopic (exact) mass is 429 g/mol. The van der Waals surface area contributed by atoms with Gasteiger partial charge in [0.25, 0.3) is 5.56 Å². The normalized spacial score (nSPS) is 12.4. The van der Waals surface area contributed by atoms with Crippen molar-refractivity contribution in [1.82, 2.24) is 14.0 Å². The molecule has 11 heteroatoms. The van der Waals surface area contributed by atoms with Crippen LogP contribution in [0.3, 0.4) is 0 Å². The minimum atomic E-state index is -4.55. The van der Waals surface area contributed by atoms with E-state index in [1.807, 2.05) is 0 Å². The van der Waals surface area contributed by atoms with Crippen LogP contribution in [0.4, 0.5) is 13.2 Å². The Morgan fingerprint density at radius 2 is 1.97 bits per heavy atom. The van der Waals surface area contributed by atoms with E-state index in [1.54, 1.807) is 0 Å². The Morgan fingerprint density at radius 1 is 1.24 bits per heavy atom. The number of sulfone groups is 1. The maximum atomic E-state index is 12.7. The average molecular weight is 429 g/mol. The Balaban J connectivity index is 2.20. The lowest BCUT2D eigenvalue weighted by molar-refractivity contribution is -0.153. The van der Waals surface area contributed by atoms with Crippen LogP contribution in [0.5, 0.6) is 5.75 Å². The summed E-state index contributed by atoms with van der Waals surface area (Å²) in [6.45, 7) is 0.00446. The minimum Gasteiger partial charge on any atom is -0.483 e. The highest BCUT2D eigenvalue weighted by atomic mass is 32.2. The highest BCUT2D eigenvalue weighted by Gasteiger charge is 2.29. The van der Waals surface area contributed by atoms with Gasteiger partial charge >= 0.3 is 6.18 Å². The molecule has 3 rings (SSSR count).